The molecule has 68 valence electrons. The van der Waals surface area contributed by atoms with E-state index in [-0.39, 0.29) is 0 Å². The molecular formula is C6H6ClN5S. The van der Waals surface area contributed by atoms with E-state index >= 15 is 0 Å². The van der Waals surface area contributed by atoms with Gasteiger partial charge in [-0.15, -0.1) is 28.5 Å². The fourth-order valence-electron chi connectivity index (χ4n) is 0.895. The van der Waals surface area contributed by atoms with Crippen LogP contribution in [-0.2, 0) is 0 Å². The van der Waals surface area contributed by atoms with Gasteiger partial charge in [0.15, 0.2) is 5.65 Å². The molecule has 5 nitrogen and oxygen atoms in total. The molecule has 0 N–H and O–H groups in total. The maximum Gasteiger partial charge on any atom is 0.198 e. The van der Waals surface area contributed by atoms with Crippen LogP contribution in [0.5, 0.6) is 0 Å². The van der Waals surface area contributed by atoms with Crippen molar-refractivity contribution in [3.05, 3.63) is 12.4 Å². The molecule has 13 heavy (non-hydrogen) atoms. The van der Waals surface area contributed by atoms with E-state index in [4.69, 9.17) is 11.6 Å². The zero-order valence-corrected chi connectivity index (χ0v) is 8.16. The molecule has 2 aromatic heterocycles. The van der Waals surface area contributed by atoms with Crippen LogP contribution in [0.1, 0.15) is 0 Å². The minimum absolute atomic E-state index is 0.600. The molecule has 0 saturated heterocycles. The van der Waals surface area contributed by atoms with Crippen molar-refractivity contribution in [3.63, 3.8) is 0 Å². The number of rotatable bonds is 3. The lowest BCUT2D eigenvalue weighted by Gasteiger charge is -1.98. The summed E-state index contributed by atoms with van der Waals surface area (Å²) in [7, 11) is 0. The van der Waals surface area contributed by atoms with Crippen molar-refractivity contribution in [2.75, 3.05) is 11.6 Å². The maximum absolute atomic E-state index is 5.57. The number of aromatic nitrogens is 5. The summed E-state index contributed by atoms with van der Waals surface area (Å²) in [6.45, 7) is 0. The van der Waals surface area contributed by atoms with Gasteiger partial charge in [-0.3, -0.25) is 4.98 Å². The van der Waals surface area contributed by atoms with E-state index in [0.717, 1.165) is 10.8 Å². The van der Waals surface area contributed by atoms with Crippen molar-refractivity contribution in [1.29, 1.82) is 0 Å². The molecule has 2 heterocycles. The van der Waals surface area contributed by atoms with Gasteiger partial charge in [-0.05, 0) is 10.4 Å². The van der Waals surface area contributed by atoms with Crippen molar-refractivity contribution >= 4 is 29.0 Å². The third-order valence-corrected chi connectivity index (χ3v) is 2.80. The van der Waals surface area contributed by atoms with E-state index < -0.39 is 0 Å². The van der Waals surface area contributed by atoms with Gasteiger partial charge in [-0.2, -0.15) is 4.52 Å². The van der Waals surface area contributed by atoms with Crippen molar-refractivity contribution in [3.8, 4) is 0 Å². The van der Waals surface area contributed by atoms with Crippen LogP contribution in [0.25, 0.3) is 5.65 Å². The van der Waals surface area contributed by atoms with Gasteiger partial charge < -0.3 is 0 Å². The van der Waals surface area contributed by atoms with Gasteiger partial charge in [0.05, 0.1) is 12.4 Å². The second kappa shape index (κ2) is 3.89. The second-order valence-electron chi connectivity index (χ2n) is 2.23. The lowest BCUT2D eigenvalue weighted by atomic mass is 10.7. The molecule has 0 aliphatic heterocycles. The van der Waals surface area contributed by atoms with E-state index in [0.29, 0.717) is 11.5 Å². The first-order valence-electron chi connectivity index (χ1n) is 3.62. The standard InChI is InChI=1S/C6H6ClN5S/c7-1-2-13-6-4-8-3-5-9-10-11-12(5)6/h3-4H,1-2H2. The monoisotopic (exact) mass is 215 g/mol. The number of nitrogens with zero attached hydrogens (tertiary/aromatic N) is 5. The predicted octanol–water partition coefficient (Wildman–Crippen LogP) is 0.850. The summed E-state index contributed by atoms with van der Waals surface area (Å²) in [5, 5.41) is 12.1. The highest BCUT2D eigenvalue weighted by molar-refractivity contribution is 7.99. The number of fused-ring (bicyclic) bond motifs is 1. The molecular weight excluding hydrogens is 210 g/mol. The molecule has 0 fully saturated rings. The Kier molecular flexibility index (Phi) is 2.60. The average molecular weight is 216 g/mol. The Morgan fingerprint density at radius 2 is 2.38 bits per heavy atom. The summed E-state index contributed by atoms with van der Waals surface area (Å²) >= 11 is 7.15. The van der Waals surface area contributed by atoms with Crippen LogP contribution < -0.4 is 0 Å². The average Bonchev–Trinajstić information content (AvgIpc) is 2.62. The van der Waals surface area contributed by atoms with Gasteiger partial charge >= 0.3 is 0 Å². The lowest BCUT2D eigenvalue weighted by molar-refractivity contribution is 0.766. The Labute approximate surface area is 83.5 Å². The highest BCUT2D eigenvalue weighted by Gasteiger charge is 2.03. The van der Waals surface area contributed by atoms with Crippen LogP contribution in [0.4, 0.5) is 0 Å². The minimum atomic E-state index is 0.600. The van der Waals surface area contributed by atoms with Crippen molar-refractivity contribution < 1.29 is 0 Å². The molecule has 0 spiro atoms. The van der Waals surface area contributed by atoms with Crippen LogP contribution in [0.3, 0.4) is 0 Å². The summed E-state index contributed by atoms with van der Waals surface area (Å²) in [4.78, 5) is 4.01. The topological polar surface area (TPSA) is 56.0 Å². The Morgan fingerprint density at radius 3 is 3.23 bits per heavy atom. The number of thioether (sulfide) groups is 1. The minimum Gasteiger partial charge on any atom is -0.258 e. The van der Waals surface area contributed by atoms with Crippen molar-refractivity contribution in [2.24, 2.45) is 0 Å². The highest BCUT2D eigenvalue weighted by atomic mass is 35.5. The number of tetrazole rings is 1. The molecule has 0 bridgehead atoms. The number of halogens is 1. The Balaban J connectivity index is 2.37. The summed E-state index contributed by atoms with van der Waals surface area (Å²) in [6.07, 6.45) is 3.34. The quantitative estimate of drug-likeness (QED) is 0.561. The molecule has 7 heteroatoms. The van der Waals surface area contributed by atoms with Crippen LogP contribution in [0, 0.1) is 0 Å². The number of alkyl halides is 1. The fourth-order valence-corrected chi connectivity index (χ4v) is 1.80. The van der Waals surface area contributed by atoms with Crippen molar-refractivity contribution in [1.82, 2.24) is 25.0 Å². The first-order valence-corrected chi connectivity index (χ1v) is 5.14. The van der Waals surface area contributed by atoms with E-state index in [9.17, 15) is 0 Å². The Hall–Kier alpha value is -0.880. The van der Waals surface area contributed by atoms with E-state index in [1.807, 2.05) is 0 Å². The van der Waals surface area contributed by atoms with Crippen LogP contribution in [0.2, 0.25) is 0 Å². The third-order valence-electron chi connectivity index (χ3n) is 1.40. The Morgan fingerprint density at radius 1 is 1.46 bits per heavy atom. The molecule has 0 saturated carbocycles. The predicted molar refractivity (Wildman–Crippen MR) is 50.0 cm³/mol. The van der Waals surface area contributed by atoms with Gasteiger partial charge in [-0.1, -0.05) is 0 Å². The Bertz CT molecular complexity index is 403. The zero-order valence-electron chi connectivity index (χ0n) is 6.59. The molecule has 0 aliphatic rings. The van der Waals surface area contributed by atoms with Crippen molar-refractivity contribution in [2.45, 2.75) is 5.03 Å². The zero-order chi connectivity index (χ0) is 9.10. The van der Waals surface area contributed by atoms with E-state index in [2.05, 4.69) is 20.5 Å². The number of hydrogen-bond acceptors (Lipinski definition) is 5. The molecule has 0 radical (unpaired) electrons. The SMILES string of the molecule is ClCCSc1cncc2nnnn12. The van der Waals surface area contributed by atoms with Crippen LogP contribution in [0.15, 0.2) is 17.4 Å². The lowest BCUT2D eigenvalue weighted by Crippen LogP contribution is -1.94. The summed E-state index contributed by atoms with van der Waals surface area (Å²) in [5.41, 5.74) is 0.652. The highest BCUT2D eigenvalue weighted by Crippen LogP contribution is 2.16. The first-order chi connectivity index (χ1) is 6.42. The van der Waals surface area contributed by atoms with Gasteiger partial charge in [0.1, 0.15) is 5.03 Å². The smallest absolute Gasteiger partial charge is 0.198 e. The largest absolute Gasteiger partial charge is 0.258 e. The van der Waals surface area contributed by atoms with Crippen LogP contribution >= 0.6 is 23.4 Å². The fraction of sp³-hybridized carbons (Fsp3) is 0.333. The maximum atomic E-state index is 5.57. The van der Waals surface area contributed by atoms with Gasteiger partial charge in [0.25, 0.3) is 0 Å². The van der Waals surface area contributed by atoms with E-state index in [1.165, 1.54) is 0 Å². The molecule has 2 rings (SSSR count). The number of hydrogen-bond donors (Lipinski definition) is 0. The molecule has 0 aromatic carbocycles. The summed E-state index contributed by atoms with van der Waals surface area (Å²) in [6, 6.07) is 0. The molecule has 2 aromatic rings. The third kappa shape index (κ3) is 1.73. The van der Waals surface area contributed by atoms with E-state index in [1.54, 1.807) is 28.7 Å². The van der Waals surface area contributed by atoms with Gasteiger partial charge in [0, 0.05) is 11.6 Å². The molecule has 0 aliphatic carbocycles. The molecule has 0 atom stereocenters. The van der Waals surface area contributed by atoms with Crippen LogP contribution in [-0.4, -0.2) is 36.7 Å². The summed E-state index contributed by atoms with van der Waals surface area (Å²) in [5.74, 6) is 1.42. The molecule has 0 unspecified atom stereocenters. The first kappa shape index (κ1) is 8.71. The van der Waals surface area contributed by atoms with Gasteiger partial charge in [0.2, 0.25) is 0 Å². The normalized spacial score (nSPS) is 10.8. The second-order valence-corrected chi connectivity index (χ2v) is 3.73. The molecule has 0 amide bonds. The van der Waals surface area contributed by atoms with Gasteiger partial charge in [-0.25, -0.2) is 0 Å². The summed E-state index contributed by atoms with van der Waals surface area (Å²) < 4.78 is 1.64.